The molecule has 0 saturated carbocycles. The number of thiol groups is 1. The normalized spacial score (nSPS) is 13.1. The molecule has 5 nitrogen and oxygen atoms in total. The molecule has 1 atom stereocenters. The van der Waals surface area contributed by atoms with Gasteiger partial charge in [0.2, 0.25) is 0 Å². The summed E-state index contributed by atoms with van der Waals surface area (Å²) < 4.78 is 2.02. The van der Waals surface area contributed by atoms with E-state index in [1.54, 1.807) is 10.9 Å². The van der Waals surface area contributed by atoms with Gasteiger partial charge in [-0.25, -0.2) is 0 Å². The van der Waals surface area contributed by atoms with Gasteiger partial charge in [0.15, 0.2) is 0 Å². The van der Waals surface area contributed by atoms with E-state index in [1.165, 1.54) is 0 Å². The fourth-order valence-corrected chi connectivity index (χ4v) is 2.32. The average molecular weight is 308 g/mol. The van der Waals surface area contributed by atoms with Crippen molar-refractivity contribution < 1.29 is 4.92 Å². The molecule has 0 saturated heterocycles. The van der Waals surface area contributed by atoms with E-state index in [0.717, 1.165) is 5.75 Å². The number of nitrogens with zero attached hydrogens (tertiary/aromatic N) is 3. The average Bonchev–Trinajstić information content (AvgIpc) is 2.55. The van der Waals surface area contributed by atoms with Crippen LogP contribution in [0.2, 0.25) is 0 Å². The Bertz CT molecular complexity index is 381. The SMILES string of the molecule is CC(C)C(CS)Cn1cc(Br)c([N+](=O)[O-])n1. The zero-order valence-corrected chi connectivity index (χ0v) is 11.6. The number of hydrogen-bond acceptors (Lipinski definition) is 4. The predicted molar refractivity (Wildman–Crippen MR) is 68.8 cm³/mol. The molecule has 0 radical (unpaired) electrons. The molecule has 0 amide bonds. The number of rotatable bonds is 5. The number of hydrogen-bond donors (Lipinski definition) is 1. The molecule has 0 aliphatic rings. The van der Waals surface area contributed by atoms with Crippen molar-refractivity contribution in [1.82, 2.24) is 9.78 Å². The highest BCUT2D eigenvalue weighted by atomic mass is 79.9. The lowest BCUT2D eigenvalue weighted by Crippen LogP contribution is -2.18. The fourth-order valence-electron chi connectivity index (χ4n) is 1.32. The summed E-state index contributed by atoms with van der Waals surface area (Å²) in [6.45, 7) is 4.86. The summed E-state index contributed by atoms with van der Waals surface area (Å²) in [5.74, 6) is 1.43. The molecule has 0 spiro atoms. The second-order valence-corrected chi connectivity index (χ2v) is 5.19. The minimum atomic E-state index is -0.494. The maximum atomic E-state index is 10.6. The Morgan fingerprint density at radius 2 is 2.31 bits per heavy atom. The van der Waals surface area contributed by atoms with E-state index in [9.17, 15) is 10.1 Å². The molecule has 1 heterocycles. The van der Waals surface area contributed by atoms with Crippen LogP contribution in [0.15, 0.2) is 10.7 Å². The molecule has 0 aliphatic heterocycles. The van der Waals surface area contributed by atoms with Crippen molar-refractivity contribution in [2.24, 2.45) is 11.8 Å². The second kappa shape index (κ2) is 5.67. The van der Waals surface area contributed by atoms with Crippen molar-refractivity contribution in [3.63, 3.8) is 0 Å². The van der Waals surface area contributed by atoms with E-state index in [1.807, 2.05) is 0 Å². The first kappa shape index (κ1) is 13.5. The first-order valence-electron chi connectivity index (χ1n) is 4.94. The van der Waals surface area contributed by atoms with Crippen molar-refractivity contribution in [3.8, 4) is 0 Å². The van der Waals surface area contributed by atoms with Crippen LogP contribution in [-0.4, -0.2) is 20.5 Å². The van der Waals surface area contributed by atoms with Gasteiger partial charge in [-0.05, 0) is 38.4 Å². The van der Waals surface area contributed by atoms with E-state index in [0.29, 0.717) is 22.9 Å². The molecule has 90 valence electrons. The third-order valence-electron chi connectivity index (χ3n) is 2.47. The lowest BCUT2D eigenvalue weighted by Gasteiger charge is -2.16. The summed E-state index contributed by atoms with van der Waals surface area (Å²) in [6, 6.07) is 0. The Balaban J connectivity index is 2.82. The van der Waals surface area contributed by atoms with Crippen molar-refractivity contribution in [1.29, 1.82) is 0 Å². The topological polar surface area (TPSA) is 61.0 Å². The van der Waals surface area contributed by atoms with Gasteiger partial charge in [-0.2, -0.15) is 17.3 Å². The van der Waals surface area contributed by atoms with E-state index in [-0.39, 0.29) is 5.82 Å². The monoisotopic (exact) mass is 307 g/mol. The van der Waals surface area contributed by atoms with Gasteiger partial charge >= 0.3 is 5.82 Å². The van der Waals surface area contributed by atoms with Crippen LogP contribution < -0.4 is 0 Å². The molecule has 7 heteroatoms. The Labute approximate surface area is 108 Å². The third-order valence-corrected chi connectivity index (χ3v) is 3.50. The van der Waals surface area contributed by atoms with Gasteiger partial charge < -0.3 is 10.1 Å². The minimum Gasteiger partial charge on any atom is -0.358 e. The molecule has 1 aromatic rings. The van der Waals surface area contributed by atoms with Crippen LogP contribution in [0, 0.1) is 22.0 Å². The summed E-state index contributed by atoms with van der Waals surface area (Å²) in [6.07, 6.45) is 1.64. The molecule has 1 rings (SSSR count). The highest BCUT2D eigenvalue weighted by Gasteiger charge is 2.21. The molecule has 1 unspecified atom stereocenters. The highest BCUT2D eigenvalue weighted by Crippen LogP contribution is 2.23. The number of aromatic nitrogens is 2. The van der Waals surface area contributed by atoms with Gasteiger partial charge in [-0.15, -0.1) is 0 Å². The van der Waals surface area contributed by atoms with Gasteiger partial charge in [-0.1, -0.05) is 13.8 Å². The zero-order valence-electron chi connectivity index (χ0n) is 9.13. The van der Waals surface area contributed by atoms with Crippen LogP contribution in [0.4, 0.5) is 5.82 Å². The van der Waals surface area contributed by atoms with Crippen molar-refractivity contribution in [3.05, 3.63) is 20.8 Å². The minimum absolute atomic E-state index is 0.137. The summed E-state index contributed by atoms with van der Waals surface area (Å²) in [5, 5.41) is 14.5. The van der Waals surface area contributed by atoms with Crippen LogP contribution >= 0.6 is 28.6 Å². The summed E-state index contributed by atoms with van der Waals surface area (Å²) in [7, 11) is 0. The lowest BCUT2D eigenvalue weighted by molar-refractivity contribution is -0.390. The van der Waals surface area contributed by atoms with Crippen molar-refractivity contribution in [2.45, 2.75) is 20.4 Å². The van der Waals surface area contributed by atoms with Gasteiger partial charge in [0.05, 0.1) is 17.8 Å². The van der Waals surface area contributed by atoms with Crippen LogP contribution in [0.5, 0.6) is 0 Å². The first-order valence-corrected chi connectivity index (χ1v) is 6.36. The first-order chi connectivity index (χ1) is 7.45. The van der Waals surface area contributed by atoms with Crippen molar-refractivity contribution >= 4 is 34.4 Å². The molecule has 0 aromatic carbocycles. The summed E-state index contributed by atoms with van der Waals surface area (Å²) in [5.41, 5.74) is 0. The maximum absolute atomic E-state index is 10.6. The molecule has 0 bridgehead atoms. The van der Waals surface area contributed by atoms with E-state index in [4.69, 9.17) is 0 Å². The van der Waals surface area contributed by atoms with Crippen LogP contribution in [0.25, 0.3) is 0 Å². The summed E-state index contributed by atoms with van der Waals surface area (Å²) >= 11 is 7.39. The predicted octanol–water partition coefficient (Wildman–Crippen LogP) is 2.76. The third kappa shape index (κ3) is 3.21. The molecule has 0 fully saturated rings. The van der Waals surface area contributed by atoms with E-state index >= 15 is 0 Å². The molecular formula is C9H14BrN3O2S. The van der Waals surface area contributed by atoms with Crippen LogP contribution in [-0.2, 0) is 6.54 Å². The Hall–Kier alpha value is -0.560. The number of halogens is 1. The molecule has 0 aliphatic carbocycles. The van der Waals surface area contributed by atoms with Crippen LogP contribution in [0.3, 0.4) is 0 Å². The Morgan fingerprint density at radius 1 is 1.69 bits per heavy atom. The van der Waals surface area contributed by atoms with E-state index < -0.39 is 4.92 Å². The number of nitro groups is 1. The van der Waals surface area contributed by atoms with Crippen LogP contribution in [0.1, 0.15) is 13.8 Å². The lowest BCUT2D eigenvalue weighted by atomic mass is 9.98. The van der Waals surface area contributed by atoms with E-state index in [2.05, 4.69) is 47.5 Å². The Morgan fingerprint density at radius 3 is 2.69 bits per heavy atom. The second-order valence-electron chi connectivity index (χ2n) is 3.97. The van der Waals surface area contributed by atoms with Gasteiger partial charge in [-0.3, -0.25) is 0 Å². The Kier molecular flexibility index (Phi) is 4.79. The molecular weight excluding hydrogens is 294 g/mol. The largest absolute Gasteiger partial charge is 0.404 e. The highest BCUT2D eigenvalue weighted by molar-refractivity contribution is 9.10. The molecule has 1 aromatic heterocycles. The maximum Gasteiger partial charge on any atom is 0.404 e. The fraction of sp³-hybridized carbons (Fsp3) is 0.667. The molecule has 16 heavy (non-hydrogen) atoms. The van der Waals surface area contributed by atoms with Gasteiger partial charge in [0.1, 0.15) is 4.47 Å². The smallest absolute Gasteiger partial charge is 0.358 e. The summed E-state index contributed by atoms with van der Waals surface area (Å²) in [4.78, 5) is 10.1. The molecule has 0 N–H and O–H groups in total. The zero-order chi connectivity index (χ0) is 12.3. The van der Waals surface area contributed by atoms with Gasteiger partial charge in [0, 0.05) is 0 Å². The standard InChI is InChI=1S/C9H14BrN3O2S/c1-6(2)7(5-16)3-12-4-8(10)9(11-12)13(14)15/h4,6-7,16H,3,5H2,1-2H3. The van der Waals surface area contributed by atoms with Gasteiger partial charge in [0.25, 0.3) is 0 Å². The van der Waals surface area contributed by atoms with Crippen molar-refractivity contribution in [2.75, 3.05) is 5.75 Å². The quantitative estimate of drug-likeness (QED) is 0.517.